The van der Waals surface area contributed by atoms with Gasteiger partial charge in [-0.15, -0.1) is 0 Å². The molecule has 0 heterocycles. The number of benzene rings is 1. The van der Waals surface area contributed by atoms with E-state index in [2.05, 4.69) is 5.32 Å². The Labute approximate surface area is 120 Å². The van der Waals surface area contributed by atoms with Crippen molar-refractivity contribution in [1.82, 2.24) is 5.32 Å². The van der Waals surface area contributed by atoms with Gasteiger partial charge in [-0.05, 0) is 29.4 Å². The summed E-state index contributed by atoms with van der Waals surface area (Å²) in [6.45, 7) is 3.97. The van der Waals surface area contributed by atoms with Gasteiger partial charge in [-0.1, -0.05) is 31.2 Å². The maximum absolute atomic E-state index is 12.2. The number of fused-ring (bicyclic) bond motifs is 1. The Morgan fingerprint density at radius 2 is 2.00 bits per heavy atom. The predicted molar refractivity (Wildman–Crippen MR) is 79.1 cm³/mol. The molecule has 1 amide bonds. The smallest absolute Gasteiger partial charge is 0.216 e. The molecular weight excluding hydrogens is 274 g/mol. The lowest BCUT2D eigenvalue weighted by Gasteiger charge is -2.36. The molecule has 1 aliphatic rings. The van der Waals surface area contributed by atoms with Gasteiger partial charge >= 0.3 is 0 Å². The van der Waals surface area contributed by atoms with E-state index in [9.17, 15) is 13.2 Å². The largest absolute Gasteiger partial charge is 0.356 e. The number of rotatable bonds is 3. The molecule has 1 aliphatic carbocycles. The molecule has 110 valence electrons. The van der Waals surface area contributed by atoms with Crippen LogP contribution in [-0.4, -0.2) is 27.1 Å². The first-order chi connectivity index (χ1) is 9.30. The second kappa shape index (κ2) is 5.56. The third-order valence-corrected chi connectivity index (χ3v) is 5.75. The predicted octanol–water partition coefficient (Wildman–Crippen LogP) is 1.72. The van der Waals surface area contributed by atoms with Crippen LogP contribution in [0.2, 0.25) is 0 Å². The minimum Gasteiger partial charge on any atom is -0.356 e. The van der Waals surface area contributed by atoms with E-state index in [4.69, 9.17) is 0 Å². The lowest BCUT2D eigenvalue weighted by Crippen LogP contribution is -2.38. The van der Waals surface area contributed by atoms with Crippen molar-refractivity contribution in [1.29, 1.82) is 0 Å². The number of nitrogens with one attached hydrogen (secondary N) is 1. The molecule has 0 aliphatic heterocycles. The molecule has 3 atom stereocenters. The van der Waals surface area contributed by atoms with Crippen molar-refractivity contribution in [2.45, 2.75) is 25.5 Å². The molecule has 1 aromatic rings. The van der Waals surface area contributed by atoms with E-state index in [1.807, 2.05) is 31.2 Å². The van der Waals surface area contributed by atoms with Crippen LogP contribution in [0.3, 0.4) is 0 Å². The standard InChI is InChI=1S/C15H21NO3S/c1-10-13(9-16-11(2)17)8-12-6-4-5-7-14(12)15(10)20(3,18)19/h4-7,10,13,15H,8-9H2,1-3H3,(H,16,17)/t10-,13+,15?/m1/s1. The van der Waals surface area contributed by atoms with Gasteiger partial charge in [0.15, 0.2) is 9.84 Å². The van der Waals surface area contributed by atoms with Crippen molar-refractivity contribution in [2.75, 3.05) is 12.8 Å². The molecule has 2 rings (SSSR count). The molecule has 0 radical (unpaired) electrons. The third kappa shape index (κ3) is 3.03. The SMILES string of the molecule is CC(=O)NC[C@@H]1Cc2ccccc2C(S(C)(=O)=O)[C@@H]1C. The minimum atomic E-state index is -3.17. The number of sulfone groups is 1. The van der Waals surface area contributed by atoms with Crippen molar-refractivity contribution in [3.05, 3.63) is 35.4 Å². The maximum atomic E-state index is 12.2. The molecule has 5 heteroatoms. The summed E-state index contributed by atoms with van der Waals surface area (Å²) in [6.07, 6.45) is 2.11. The molecule has 0 saturated heterocycles. The molecule has 1 unspecified atom stereocenters. The molecule has 1 aromatic carbocycles. The van der Waals surface area contributed by atoms with Crippen LogP contribution < -0.4 is 5.32 Å². The number of hydrogen-bond donors (Lipinski definition) is 1. The molecule has 1 N–H and O–H groups in total. The molecule has 0 fully saturated rings. The first kappa shape index (κ1) is 15.0. The maximum Gasteiger partial charge on any atom is 0.216 e. The zero-order chi connectivity index (χ0) is 14.9. The number of amides is 1. The average molecular weight is 295 g/mol. The summed E-state index contributed by atoms with van der Waals surface area (Å²) in [5.41, 5.74) is 2.00. The number of carbonyl (C=O) groups excluding carboxylic acids is 1. The highest BCUT2D eigenvalue weighted by atomic mass is 32.2. The van der Waals surface area contributed by atoms with Crippen molar-refractivity contribution in [3.63, 3.8) is 0 Å². The van der Waals surface area contributed by atoms with Crippen LogP contribution in [0.5, 0.6) is 0 Å². The zero-order valence-corrected chi connectivity index (χ0v) is 12.9. The summed E-state index contributed by atoms with van der Waals surface area (Å²) in [5, 5.41) is 2.33. The van der Waals surface area contributed by atoms with Gasteiger partial charge in [0.05, 0.1) is 5.25 Å². The van der Waals surface area contributed by atoms with Crippen LogP contribution in [-0.2, 0) is 21.1 Å². The zero-order valence-electron chi connectivity index (χ0n) is 12.1. The molecule has 0 bridgehead atoms. The van der Waals surface area contributed by atoms with Gasteiger partial charge in [0.2, 0.25) is 5.91 Å². The second-order valence-corrected chi connectivity index (χ2v) is 7.88. The molecule has 0 spiro atoms. The Bertz CT molecular complexity index is 609. The molecule has 4 nitrogen and oxygen atoms in total. The van der Waals surface area contributed by atoms with Crippen LogP contribution in [0.1, 0.15) is 30.2 Å². The Kier molecular flexibility index (Phi) is 4.18. The van der Waals surface area contributed by atoms with Crippen LogP contribution in [0.15, 0.2) is 24.3 Å². The number of hydrogen-bond acceptors (Lipinski definition) is 3. The van der Waals surface area contributed by atoms with Gasteiger partial charge in [0, 0.05) is 19.7 Å². The first-order valence-corrected chi connectivity index (χ1v) is 8.77. The highest BCUT2D eigenvalue weighted by molar-refractivity contribution is 7.90. The van der Waals surface area contributed by atoms with E-state index >= 15 is 0 Å². The van der Waals surface area contributed by atoms with E-state index in [0.29, 0.717) is 6.54 Å². The minimum absolute atomic E-state index is 0.00764. The quantitative estimate of drug-likeness (QED) is 0.923. The molecule has 20 heavy (non-hydrogen) atoms. The van der Waals surface area contributed by atoms with Crippen molar-refractivity contribution in [2.24, 2.45) is 11.8 Å². The highest BCUT2D eigenvalue weighted by Crippen LogP contribution is 2.42. The van der Waals surface area contributed by atoms with E-state index in [0.717, 1.165) is 17.5 Å². The van der Waals surface area contributed by atoms with Crippen LogP contribution in [0, 0.1) is 11.8 Å². The summed E-state index contributed by atoms with van der Waals surface area (Å²) < 4.78 is 24.3. The lowest BCUT2D eigenvalue weighted by molar-refractivity contribution is -0.119. The van der Waals surface area contributed by atoms with Gasteiger partial charge in [-0.2, -0.15) is 0 Å². The highest BCUT2D eigenvalue weighted by Gasteiger charge is 2.39. The fourth-order valence-corrected chi connectivity index (χ4v) is 4.84. The van der Waals surface area contributed by atoms with Crippen LogP contribution >= 0.6 is 0 Å². The van der Waals surface area contributed by atoms with Gasteiger partial charge in [-0.3, -0.25) is 4.79 Å². The van der Waals surface area contributed by atoms with E-state index in [1.54, 1.807) is 0 Å². The van der Waals surface area contributed by atoms with Gasteiger partial charge in [0.1, 0.15) is 0 Å². The van der Waals surface area contributed by atoms with Gasteiger partial charge in [0.25, 0.3) is 0 Å². The van der Waals surface area contributed by atoms with Crippen molar-refractivity contribution >= 4 is 15.7 Å². The monoisotopic (exact) mass is 295 g/mol. The first-order valence-electron chi connectivity index (χ1n) is 6.82. The summed E-state index contributed by atoms with van der Waals surface area (Å²) in [4.78, 5) is 11.1. The lowest BCUT2D eigenvalue weighted by atomic mass is 9.76. The van der Waals surface area contributed by atoms with E-state index < -0.39 is 15.1 Å². The summed E-state index contributed by atoms with van der Waals surface area (Å²) in [6, 6.07) is 7.72. The van der Waals surface area contributed by atoms with Gasteiger partial charge in [-0.25, -0.2) is 8.42 Å². The normalized spacial score (nSPS) is 25.9. The summed E-state index contributed by atoms with van der Waals surface area (Å²) >= 11 is 0. The number of carbonyl (C=O) groups is 1. The fraction of sp³-hybridized carbons (Fsp3) is 0.533. The van der Waals surface area contributed by atoms with Crippen molar-refractivity contribution < 1.29 is 13.2 Å². The Balaban J connectivity index is 2.38. The topological polar surface area (TPSA) is 63.2 Å². The van der Waals surface area contributed by atoms with Crippen LogP contribution in [0.25, 0.3) is 0 Å². The van der Waals surface area contributed by atoms with E-state index in [-0.39, 0.29) is 17.7 Å². The summed E-state index contributed by atoms with van der Waals surface area (Å²) in [7, 11) is -3.17. The summed E-state index contributed by atoms with van der Waals surface area (Å²) in [5.74, 6) is 0.0623. The molecule has 0 saturated carbocycles. The Hall–Kier alpha value is -1.36. The Morgan fingerprint density at radius 3 is 2.60 bits per heavy atom. The molecule has 0 aromatic heterocycles. The van der Waals surface area contributed by atoms with E-state index in [1.165, 1.54) is 13.2 Å². The van der Waals surface area contributed by atoms with Crippen LogP contribution in [0.4, 0.5) is 0 Å². The molecular formula is C15H21NO3S. The second-order valence-electron chi connectivity index (χ2n) is 5.71. The third-order valence-electron chi connectivity index (χ3n) is 4.14. The Morgan fingerprint density at radius 1 is 1.35 bits per heavy atom. The van der Waals surface area contributed by atoms with Gasteiger partial charge < -0.3 is 5.32 Å². The van der Waals surface area contributed by atoms with Crippen molar-refractivity contribution in [3.8, 4) is 0 Å². The average Bonchev–Trinajstić information content (AvgIpc) is 2.34. The fourth-order valence-electron chi connectivity index (χ4n) is 3.15.